The van der Waals surface area contributed by atoms with E-state index in [1.165, 1.54) is 18.2 Å². The molecule has 6 nitrogen and oxygen atoms in total. The zero-order valence-electron chi connectivity index (χ0n) is 10.7. The lowest BCUT2D eigenvalue weighted by atomic mass is 10.2. The molecule has 20 heavy (non-hydrogen) atoms. The predicted octanol–water partition coefficient (Wildman–Crippen LogP) is 2.34. The van der Waals surface area contributed by atoms with Gasteiger partial charge in [-0.15, -0.1) is 0 Å². The van der Waals surface area contributed by atoms with E-state index >= 15 is 0 Å². The van der Waals surface area contributed by atoms with Gasteiger partial charge < -0.3 is 20.5 Å². The van der Waals surface area contributed by atoms with Gasteiger partial charge in [-0.05, 0) is 31.0 Å². The van der Waals surface area contributed by atoms with Gasteiger partial charge in [0.1, 0.15) is 0 Å². The van der Waals surface area contributed by atoms with E-state index in [4.69, 9.17) is 21.4 Å². The molecular weight excluding hydrogens is 284 g/mol. The van der Waals surface area contributed by atoms with Gasteiger partial charge in [0, 0.05) is 13.2 Å². The molecule has 0 aliphatic carbocycles. The molecule has 1 aliphatic rings. The number of amides is 2. The van der Waals surface area contributed by atoms with Crippen LogP contribution in [0.15, 0.2) is 18.2 Å². The largest absolute Gasteiger partial charge is 0.478 e. The molecule has 1 unspecified atom stereocenters. The molecule has 0 spiro atoms. The maximum Gasteiger partial charge on any atom is 0.335 e. The van der Waals surface area contributed by atoms with Crippen molar-refractivity contribution in [1.29, 1.82) is 0 Å². The van der Waals surface area contributed by atoms with Gasteiger partial charge in [-0.3, -0.25) is 0 Å². The van der Waals surface area contributed by atoms with Crippen LogP contribution in [0.3, 0.4) is 0 Å². The van der Waals surface area contributed by atoms with Crippen LogP contribution >= 0.6 is 11.6 Å². The van der Waals surface area contributed by atoms with E-state index in [0.29, 0.717) is 12.2 Å². The van der Waals surface area contributed by atoms with Crippen molar-refractivity contribution in [3.63, 3.8) is 0 Å². The van der Waals surface area contributed by atoms with Gasteiger partial charge in [0.15, 0.2) is 0 Å². The molecule has 1 saturated heterocycles. The van der Waals surface area contributed by atoms with Crippen molar-refractivity contribution >= 4 is 29.3 Å². The van der Waals surface area contributed by atoms with Gasteiger partial charge in [0.2, 0.25) is 0 Å². The fourth-order valence-corrected chi connectivity index (χ4v) is 2.16. The third-order valence-corrected chi connectivity index (χ3v) is 3.29. The highest BCUT2D eigenvalue weighted by Crippen LogP contribution is 2.23. The van der Waals surface area contributed by atoms with Crippen LogP contribution in [-0.4, -0.2) is 36.4 Å². The summed E-state index contributed by atoms with van der Waals surface area (Å²) in [6.45, 7) is 1.17. The van der Waals surface area contributed by atoms with E-state index in [9.17, 15) is 9.59 Å². The quantitative estimate of drug-likeness (QED) is 0.796. The Balaban J connectivity index is 1.88. The fourth-order valence-electron chi connectivity index (χ4n) is 1.93. The van der Waals surface area contributed by atoms with Gasteiger partial charge in [-0.25, -0.2) is 9.59 Å². The highest BCUT2D eigenvalue weighted by atomic mass is 35.5. The van der Waals surface area contributed by atoms with Crippen molar-refractivity contribution in [3.05, 3.63) is 28.8 Å². The molecular formula is C13H15ClN2O4. The number of hydrogen-bond donors (Lipinski definition) is 3. The van der Waals surface area contributed by atoms with E-state index in [1.807, 2.05) is 0 Å². The number of nitrogens with one attached hydrogen (secondary N) is 2. The number of ether oxygens (including phenoxy) is 1. The number of carbonyl (C=O) groups is 2. The van der Waals surface area contributed by atoms with Crippen molar-refractivity contribution in [2.24, 2.45) is 0 Å². The Labute approximate surface area is 121 Å². The summed E-state index contributed by atoms with van der Waals surface area (Å²) in [5.74, 6) is -1.07. The molecule has 1 aromatic carbocycles. The summed E-state index contributed by atoms with van der Waals surface area (Å²) < 4.78 is 5.39. The van der Waals surface area contributed by atoms with Crippen LogP contribution in [0.25, 0.3) is 0 Å². The van der Waals surface area contributed by atoms with E-state index in [1.54, 1.807) is 0 Å². The Kier molecular flexibility index (Phi) is 4.81. The third-order valence-electron chi connectivity index (χ3n) is 2.98. The first-order valence-corrected chi connectivity index (χ1v) is 6.63. The summed E-state index contributed by atoms with van der Waals surface area (Å²) in [6.07, 6.45) is 2.01. The van der Waals surface area contributed by atoms with E-state index in [0.717, 1.165) is 19.4 Å². The molecule has 1 fully saturated rings. The van der Waals surface area contributed by atoms with Crippen molar-refractivity contribution in [1.82, 2.24) is 5.32 Å². The second kappa shape index (κ2) is 6.58. The zero-order chi connectivity index (χ0) is 14.5. The Morgan fingerprint density at radius 2 is 2.25 bits per heavy atom. The van der Waals surface area contributed by atoms with E-state index in [2.05, 4.69) is 10.6 Å². The van der Waals surface area contributed by atoms with Crippen LogP contribution in [-0.2, 0) is 4.74 Å². The maximum atomic E-state index is 11.7. The molecule has 0 aromatic heterocycles. The minimum Gasteiger partial charge on any atom is -0.478 e. The number of halogens is 1. The average molecular weight is 299 g/mol. The van der Waals surface area contributed by atoms with E-state index in [-0.39, 0.29) is 16.7 Å². The number of hydrogen-bond acceptors (Lipinski definition) is 3. The minimum atomic E-state index is -1.07. The number of carboxylic acids is 1. The first kappa shape index (κ1) is 14.6. The predicted molar refractivity (Wildman–Crippen MR) is 74.4 cm³/mol. The molecule has 1 aliphatic heterocycles. The molecule has 2 rings (SSSR count). The van der Waals surface area contributed by atoms with Crippen LogP contribution in [0.1, 0.15) is 23.2 Å². The van der Waals surface area contributed by atoms with Crippen LogP contribution in [0.2, 0.25) is 5.02 Å². The molecule has 2 amide bonds. The lowest BCUT2D eigenvalue weighted by Crippen LogP contribution is -2.35. The number of urea groups is 1. The first-order chi connectivity index (χ1) is 9.56. The molecule has 0 bridgehead atoms. The number of benzene rings is 1. The monoisotopic (exact) mass is 298 g/mol. The van der Waals surface area contributed by atoms with Crippen molar-refractivity contribution in [2.45, 2.75) is 18.9 Å². The van der Waals surface area contributed by atoms with Gasteiger partial charge in [0.25, 0.3) is 0 Å². The zero-order valence-corrected chi connectivity index (χ0v) is 11.4. The van der Waals surface area contributed by atoms with Gasteiger partial charge in [-0.2, -0.15) is 0 Å². The SMILES string of the molecule is O=C(NCC1CCCO1)Nc1ccc(C(=O)O)cc1Cl. The van der Waals surface area contributed by atoms with Crippen molar-refractivity contribution in [2.75, 3.05) is 18.5 Å². The third kappa shape index (κ3) is 3.85. The first-order valence-electron chi connectivity index (χ1n) is 6.25. The summed E-state index contributed by atoms with van der Waals surface area (Å²) in [6, 6.07) is 3.73. The van der Waals surface area contributed by atoms with Crippen LogP contribution in [0.5, 0.6) is 0 Å². The molecule has 7 heteroatoms. The van der Waals surface area contributed by atoms with Gasteiger partial charge in [-0.1, -0.05) is 11.6 Å². The smallest absolute Gasteiger partial charge is 0.335 e. The summed E-state index contributed by atoms with van der Waals surface area (Å²) in [5, 5.41) is 14.3. The molecule has 1 aromatic rings. The topological polar surface area (TPSA) is 87.7 Å². The minimum absolute atomic E-state index is 0.0607. The molecule has 3 N–H and O–H groups in total. The number of anilines is 1. The highest BCUT2D eigenvalue weighted by Gasteiger charge is 2.16. The van der Waals surface area contributed by atoms with Gasteiger partial charge in [0.05, 0.1) is 22.4 Å². The molecule has 0 saturated carbocycles. The highest BCUT2D eigenvalue weighted by molar-refractivity contribution is 6.34. The maximum absolute atomic E-state index is 11.7. The number of carboxylic acid groups (broad SMARTS) is 1. The van der Waals surface area contributed by atoms with Crippen LogP contribution < -0.4 is 10.6 Å². The standard InChI is InChI=1S/C13H15ClN2O4/c14-10-6-8(12(17)18)3-4-11(10)16-13(19)15-7-9-2-1-5-20-9/h3-4,6,9H,1-2,5,7H2,(H,17,18)(H2,15,16,19). The number of carbonyl (C=O) groups excluding carboxylic acids is 1. The van der Waals surface area contributed by atoms with Crippen LogP contribution in [0.4, 0.5) is 10.5 Å². The number of rotatable bonds is 4. The second-order valence-corrected chi connectivity index (χ2v) is 4.88. The molecule has 108 valence electrons. The Morgan fingerprint density at radius 3 is 2.85 bits per heavy atom. The van der Waals surface area contributed by atoms with Gasteiger partial charge >= 0.3 is 12.0 Å². The molecule has 1 atom stereocenters. The average Bonchev–Trinajstić information content (AvgIpc) is 2.91. The summed E-state index contributed by atoms with van der Waals surface area (Å²) in [5.41, 5.74) is 0.432. The van der Waals surface area contributed by atoms with Crippen molar-refractivity contribution in [3.8, 4) is 0 Å². The summed E-state index contributed by atoms with van der Waals surface area (Å²) >= 11 is 5.91. The fraction of sp³-hybridized carbons (Fsp3) is 0.385. The lowest BCUT2D eigenvalue weighted by Gasteiger charge is -2.12. The summed E-state index contributed by atoms with van der Waals surface area (Å²) in [4.78, 5) is 22.5. The van der Waals surface area contributed by atoms with Crippen molar-refractivity contribution < 1.29 is 19.4 Å². The molecule has 1 heterocycles. The van der Waals surface area contributed by atoms with Crippen LogP contribution in [0, 0.1) is 0 Å². The molecule has 0 radical (unpaired) electrons. The lowest BCUT2D eigenvalue weighted by molar-refractivity contribution is 0.0697. The Bertz CT molecular complexity index is 515. The van der Waals surface area contributed by atoms with E-state index < -0.39 is 12.0 Å². The number of aromatic carboxylic acids is 1. The second-order valence-electron chi connectivity index (χ2n) is 4.47. The normalized spacial score (nSPS) is 17.8. The Morgan fingerprint density at radius 1 is 1.45 bits per heavy atom. The Hall–Kier alpha value is -1.79. The summed E-state index contributed by atoms with van der Waals surface area (Å²) in [7, 11) is 0.